The fraction of sp³-hybridized carbons (Fsp3) is 0.438. The highest BCUT2D eigenvalue weighted by Gasteiger charge is 2.30. The number of hydrogen-bond donors (Lipinski definition) is 1. The molecule has 0 aromatic heterocycles. The molecule has 1 aromatic carbocycles. The van der Waals surface area contributed by atoms with Crippen LogP contribution in [0.2, 0.25) is 0 Å². The lowest BCUT2D eigenvalue weighted by molar-refractivity contribution is -0.131. The van der Waals surface area contributed by atoms with Crippen molar-refractivity contribution in [3.63, 3.8) is 0 Å². The van der Waals surface area contributed by atoms with Gasteiger partial charge in [0.2, 0.25) is 0 Å². The normalized spacial score (nSPS) is 17.0. The van der Waals surface area contributed by atoms with Crippen LogP contribution in [-0.4, -0.2) is 29.1 Å². The van der Waals surface area contributed by atoms with Crippen molar-refractivity contribution >= 4 is 12.0 Å². The second kappa shape index (κ2) is 6.02. The highest BCUT2D eigenvalue weighted by atomic mass is 16.4. The first-order valence-corrected chi connectivity index (χ1v) is 6.76. The van der Waals surface area contributed by atoms with Crippen molar-refractivity contribution in [2.24, 2.45) is 5.92 Å². The first-order valence-electron chi connectivity index (χ1n) is 6.76. The molecule has 1 aromatic rings. The number of carboxylic acids is 1. The molecule has 1 aliphatic carbocycles. The minimum atomic E-state index is -0.912. The average molecular weight is 259 g/mol. The first kappa shape index (κ1) is 13.8. The van der Waals surface area contributed by atoms with Crippen molar-refractivity contribution in [1.29, 1.82) is 0 Å². The third kappa shape index (κ3) is 4.21. The number of carbonyl (C=O) groups is 1. The topological polar surface area (TPSA) is 40.5 Å². The van der Waals surface area contributed by atoms with Crippen molar-refractivity contribution in [2.75, 3.05) is 7.05 Å². The molecule has 0 aliphatic heterocycles. The van der Waals surface area contributed by atoms with Crippen LogP contribution in [0.4, 0.5) is 0 Å². The van der Waals surface area contributed by atoms with Gasteiger partial charge >= 0.3 is 5.97 Å². The van der Waals surface area contributed by atoms with Gasteiger partial charge in [0.05, 0.1) is 0 Å². The van der Waals surface area contributed by atoms with Crippen LogP contribution in [0, 0.1) is 5.92 Å². The third-order valence-corrected chi connectivity index (χ3v) is 3.80. The van der Waals surface area contributed by atoms with Crippen molar-refractivity contribution in [3.05, 3.63) is 41.5 Å². The van der Waals surface area contributed by atoms with E-state index in [0.29, 0.717) is 6.04 Å². The highest BCUT2D eigenvalue weighted by molar-refractivity contribution is 5.85. The quantitative estimate of drug-likeness (QED) is 0.798. The van der Waals surface area contributed by atoms with Gasteiger partial charge in [-0.15, -0.1) is 0 Å². The Bertz CT molecular complexity index is 477. The minimum absolute atomic E-state index is 0.623. The largest absolute Gasteiger partial charge is 0.478 e. The van der Waals surface area contributed by atoms with Crippen LogP contribution in [0.15, 0.2) is 30.3 Å². The summed E-state index contributed by atoms with van der Waals surface area (Å²) in [6.45, 7) is 3.19. The molecule has 3 nitrogen and oxygen atoms in total. The highest BCUT2D eigenvalue weighted by Crippen LogP contribution is 2.35. The van der Waals surface area contributed by atoms with Gasteiger partial charge in [0.15, 0.2) is 0 Å². The standard InChI is InChI=1S/C16H21NO2/c1-12(15-7-8-15)17(2)11-14-5-3-4-13(10-14)6-9-16(18)19/h3-6,9-10,12,15H,7-8,11H2,1-2H3,(H,18,19). The Morgan fingerprint density at radius 1 is 1.53 bits per heavy atom. The summed E-state index contributed by atoms with van der Waals surface area (Å²) in [5.74, 6) is -0.0510. The van der Waals surface area contributed by atoms with Crippen LogP contribution < -0.4 is 0 Å². The maximum atomic E-state index is 10.5. The number of carboxylic acid groups (broad SMARTS) is 1. The van der Waals surface area contributed by atoms with Crippen LogP contribution >= 0.6 is 0 Å². The first-order chi connectivity index (χ1) is 9.06. The molecule has 0 amide bonds. The summed E-state index contributed by atoms with van der Waals surface area (Å²) in [6.07, 6.45) is 5.52. The van der Waals surface area contributed by atoms with Gasteiger partial charge in [0.1, 0.15) is 0 Å². The molecule has 0 bridgehead atoms. The molecule has 0 spiro atoms. The van der Waals surface area contributed by atoms with E-state index in [1.54, 1.807) is 6.08 Å². The summed E-state index contributed by atoms with van der Waals surface area (Å²) in [5, 5.41) is 8.64. The maximum Gasteiger partial charge on any atom is 0.328 e. The zero-order valence-electron chi connectivity index (χ0n) is 11.5. The fourth-order valence-electron chi connectivity index (χ4n) is 2.33. The molecule has 2 rings (SSSR count). The number of benzene rings is 1. The van der Waals surface area contributed by atoms with E-state index >= 15 is 0 Å². The van der Waals surface area contributed by atoms with E-state index in [2.05, 4.69) is 31.0 Å². The van der Waals surface area contributed by atoms with E-state index in [9.17, 15) is 4.79 Å². The second-order valence-electron chi connectivity index (χ2n) is 5.41. The van der Waals surface area contributed by atoms with Gasteiger partial charge in [-0.2, -0.15) is 0 Å². The van der Waals surface area contributed by atoms with Crippen LogP contribution in [-0.2, 0) is 11.3 Å². The Labute approximate surface area is 114 Å². The Morgan fingerprint density at radius 3 is 2.89 bits per heavy atom. The predicted octanol–water partition coefficient (Wildman–Crippen LogP) is 3.01. The molecule has 1 unspecified atom stereocenters. The summed E-state index contributed by atoms with van der Waals surface area (Å²) >= 11 is 0. The van der Waals surface area contributed by atoms with Crippen LogP contribution in [0.25, 0.3) is 6.08 Å². The Hall–Kier alpha value is -1.61. The summed E-state index contributed by atoms with van der Waals surface area (Å²) in [7, 11) is 2.16. The van der Waals surface area contributed by atoms with E-state index < -0.39 is 5.97 Å². The van der Waals surface area contributed by atoms with E-state index in [1.807, 2.05) is 12.1 Å². The lowest BCUT2D eigenvalue weighted by Gasteiger charge is -2.24. The molecule has 0 heterocycles. The molecule has 1 fully saturated rings. The third-order valence-electron chi connectivity index (χ3n) is 3.80. The van der Waals surface area contributed by atoms with Gasteiger partial charge in [0, 0.05) is 18.7 Å². The fourth-order valence-corrected chi connectivity index (χ4v) is 2.33. The van der Waals surface area contributed by atoms with Gasteiger partial charge in [-0.1, -0.05) is 24.3 Å². The van der Waals surface area contributed by atoms with E-state index in [-0.39, 0.29) is 0 Å². The Balaban J connectivity index is 1.99. The maximum absolute atomic E-state index is 10.5. The number of rotatable bonds is 6. The van der Waals surface area contributed by atoms with Crippen molar-refractivity contribution in [1.82, 2.24) is 4.90 Å². The molecular weight excluding hydrogens is 238 g/mol. The molecule has 1 aliphatic rings. The summed E-state index contributed by atoms with van der Waals surface area (Å²) < 4.78 is 0. The van der Waals surface area contributed by atoms with Gasteiger partial charge in [-0.05, 0) is 49.9 Å². The predicted molar refractivity (Wildman–Crippen MR) is 76.8 cm³/mol. The zero-order chi connectivity index (χ0) is 13.8. The van der Waals surface area contributed by atoms with E-state index in [4.69, 9.17) is 5.11 Å². The molecule has 1 atom stereocenters. The molecule has 0 radical (unpaired) electrons. The van der Waals surface area contributed by atoms with Gasteiger partial charge in [0.25, 0.3) is 0 Å². The zero-order valence-corrected chi connectivity index (χ0v) is 11.5. The minimum Gasteiger partial charge on any atom is -0.478 e. The average Bonchev–Trinajstić information content (AvgIpc) is 3.20. The molecule has 0 saturated heterocycles. The number of aliphatic carboxylic acids is 1. The molecule has 3 heteroatoms. The molecule has 19 heavy (non-hydrogen) atoms. The number of hydrogen-bond acceptors (Lipinski definition) is 2. The van der Waals surface area contributed by atoms with Gasteiger partial charge < -0.3 is 5.11 Å². The molecule has 102 valence electrons. The van der Waals surface area contributed by atoms with E-state index in [1.165, 1.54) is 24.5 Å². The Morgan fingerprint density at radius 2 is 2.26 bits per heavy atom. The molecular formula is C16H21NO2. The van der Waals surface area contributed by atoms with Crippen molar-refractivity contribution < 1.29 is 9.90 Å². The molecule has 1 saturated carbocycles. The van der Waals surface area contributed by atoms with Crippen LogP contribution in [0.1, 0.15) is 30.9 Å². The number of nitrogens with zero attached hydrogens (tertiary/aromatic N) is 1. The van der Waals surface area contributed by atoms with Gasteiger partial charge in [-0.25, -0.2) is 4.79 Å². The lowest BCUT2D eigenvalue weighted by Crippen LogP contribution is -2.30. The van der Waals surface area contributed by atoms with Gasteiger partial charge in [-0.3, -0.25) is 4.90 Å². The van der Waals surface area contributed by atoms with Crippen LogP contribution in [0.5, 0.6) is 0 Å². The SMILES string of the molecule is CC(C1CC1)N(C)Cc1cccc(C=CC(=O)O)c1. The van der Waals surface area contributed by atoms with E-state index in [0.717, 1.165) is 18.0 Å². The van der Waals surface area contributed by atoms with Crippen LogP contribution in [0.3, 0.4) is 0 Å². The summed E-state index contributed by atoms with van der Waals surface area (Å²) in [5.41, 5.74) is 2.16. The lowest BCUT2D eigenvalue weighted by atomic mass is 10.1. The smallest absolute Gasteiger partial charge is 0.328 e. The Kier molecular flexibility index (Phi) is 4.38. The summed E-state index contributed by atoms with van der Waals surface area (Å²) in [4.78, 5) is 12.9. The summed E-state index contributed by atoms with van der Waals surface area (Å²) in [6, 6.07) is 8.67. The monoisotopic (exact) mass is 259 g/mol. The van der Waals surface area contributed by atoms with Crippen molar-refractivity contribution in [3.8, 4) is 0 Å². The molecule has 1 N–H and O–H groups in total. The van der Waals surface area contributed by atoms with Crippen molar-refractivity contribution in [2.45, 2.75) is 32.4 Å². The second-order valence-corrected chi connectivity index (χ2v) is 5.41.